The zero-order valence-electron chi connectivity index (χ0n) is 14.4. The molecular weight excluding hydrogens is 288 g/mol. The van der Waals surface area contributed by atoms with E-state index in [1.165, 1.54) is 0 Å². The Labute approximate surface area is 138 Å². The molecule has 0 saturated heterocycles. The van der Waals surface area contributed by atoms with Crippen molar-refractivity contribution >= 4 is 5.78 Å². The molecule has 3 rings (SSSR count). The average Bonchev–Trinajstić information content (AvgIpc) is 2.48. The van der Waals surface area contributed by atoms with Crippen LogP contribution >= 0.6 is 0 Å². The average molecular weight is 314 g/mol. The van der Waals surface area contributed by atoms with Gasteiger partial charge in [-0.1, -0.05) is 39.8 Å². The Morgan fingerprint density at radius 2 is 1.96 bits per heavy atom. The van der Waals surface area contributed by atoms with Gasteiger partial charge in [0.1, 0.15) is 0 Å². The van der Waals surface area contributed by atoms with E-state index in [2.05, 4.69) is 20.4 Å². The molecule has 124 valence electrons. The molecule has 0 radical (unpaired) electrons. The SMILES string of the molecule is C=C1[C@@H](C)CC[C@]2(C)c3c(cc(C(C)C)c(O)c3O)C(=O)C[C@@H]12. The number of Topliss-reactive ketones (excluding diaryl/α,β-unsaturated/α-hetero) is 1. The highest BCUT2D eigenvalue weighted by Crippen LogP contribution is 2.57. The molecule has 0 unspecified atom stereocenters. The lowest BCUT2D eigenvalue weighted by atomic mass is 9.54. The summed E-state index contributed by atoms with van der Waals surface area (Å²) in [6, 6.07) is 1.79. The number of phenols is 2. The molecular formula is C20H26O3. The van der Waals surface area contributed by atoms with E-state index in [4.69, 9.17) is 0 Å². The number of aromatic hydroxyl groups is 2. The van der Waals surface area contributed by atoms with Gasteiger partial charge < -0.3 is 10.2 Å². The van der Waals surface area contributed by atoms with Crippen LogP contribution in [0.25, 0.3) is 0 Å². The van der Waals surface area contributed by atoms with E-state index in [0.29, 0.717) is 29.0 Å². The fraction of sp³-hybridized carbons (Fsp3) is 0.550. The molecule has 0 aliphatic heterocycles. The zero-order chi connectivity index (χ0) is 17.1. The topological polar surface area (TPSA) is 57.5 Å². The lowest BCUT2D eigenvalue weighted by Crippen LogP contribution is -2.44. The molecule has 1 aromatic rings. The molecule has 0 spiro atoms. The molecule has 0 aromatic heterocycles. The molecule has 1 aromatic carbocycles. The predicted octanol–water partition coefficient (Wildman–Crippen LogP) is 4.67. The zero-order valence-corrected chi connectivity index (χ0v) is 14.4. The standard InChI is InChI=1S/C20H26O3/c1-10(2)13-8-14-16(21)9-15-12(4)11(3)6-7-20(15,5)17(14)19(23)18(13)22/h8,10-11,15,22-23H,4,6-7,9H2,1-3,5H3/t11-,15-,20-/m0/s1. The lowest BCUT2D eigenvalue weighted by molar-refractivity contribution is 0.0887. The molecule has 2 N–H and O–H groups in total. The second-order valence-corrected chi connectivity index (χ2v) is 7.85. The molecule has 0 amide bonds. The van der Waals surface area contributed by atoms with E-state index in [0.717, 1.165) is 18.4 Å². The van der Waals surface area contributed by atoms with Gasteiger partial charge in [0.05, 0.1) is 0 Å². The molecule has 2 aliphatic rings. The van der Waals surface area contributed by atoms with Crippen molar-refractivity contribution in [3.63, 3.8) is 0 Å². The molecule has 23 heavy (non-hydrogen) atoms. The van der Waals surface area contributed by atoms with Gasteiger partial charge in [0.15, 0.2) is 17.3 Å². The van der Waals surface area contributed by atoms with E-state index < -0.39 is 0 Å². The van der Waals surface area contributed by atoms with Crippen molar-refractivity contribution in [2.24, 2.45) is 11.8 Å². The Hall–Kier alpha value is -1.77. The van der Waals surface area contributed by atoms with Gasteiger partial charge >= 0.3 is 0 Å². The third-order valence-electron chi connectivity index (χ3n) is 6.13. The van der Waals surface area contributed by atoms with Gasteiger partial charge in [-0.25, -0.2) is 0 Å². The molecule has 3 nitrogen and oxygen atoms in total. The van der Waals surface area contributed by atoms with E-state index in [-0.39, 0.29) is 34.5 Å². The highest BCUT2D eigenvalue weighted by Gasteiger charge is 2.50. The fourth-order valence-electron chi connectivity index (χ4n) is 4.50. The van der Waals surface area contributed by atoms with Crippen LogP contribution in [0.15, 0.2) is 18.2 Å². The largest absolute Gasteiger partial charge is 0.504 e. The normalized spacial score (nSPS) is 30.3. The second-order valence-electron chi connectivity index (χ2n) is 7.85. The molecule has 1 fully saturated rings. The summed E-state index contributed by atoms with van der Waals surface area (Å²) in [5.74, 6) is 0.363. The monoisotopic (exact) mass is 314 g/mol. The number of carbonyl (C=O) groups is 1. The van der Waals surface area contributed by atoms with Crippen LogP contribution in [0, 0.1) is 11.8 Å². The Balaban J connectivity index is 2.27. The van der Waals surface area contributed by atoms with Crippen molar-refractivity contribution in [2.45, 2.75) is 58.3 Å². The number of allylic oxidation sites excluding steroid dienone is 1. The minimum Gasteiger partial charge on any atom is -0.504 e. The van der Waals surface area contributed by atoms with Crippen LogP contribution in [0.1, 0.15) is 74.4 Å². The van der Waals surface area contributed by atoms with Crippen molar-refractivity contribution in [1.82, 2.24) is 0 Å². The molecule has 0 bridgehead atoms. The quantitative estimate of drug-likeness (QED) is 0.585. The Bertz CT molecular complexity index is 701. The van der Waals surface area contributed by atoms with Gasteiger partial charge in [-0.05, 0) is 36.7 Å². The van der Waals surface area contributed by atoms with Crippen LogP contribution < -0.4 is 0 Å². The number of hydrogen-bond donors (Lipinski definition) is 2. The number of fused-ring (bicyclic) bond motifs is 3. The van der Waals surface area contributed by atoms with E-state index in [9.17, 15) is 15.0 Å². The van der Waals surface area contributed by atoms with Gasteiger partial charge in [0.25, 0.3) is 0 Å². The summed E-state index contributed by atoms with van der Waals surface area (Å²) < 4.78 is 0. The first-order valence-corrected chi connectivity index (χ1v) is 8.49. The highest BCUT2D eigenvalue weighted by molar-refractivity contribution is 6.01. The van der Waals surface area contributed by atoms with E-state index in [1.807, 2.05) is 13.8 Å². The van der Waals surface area contributed by atoms with Crippen molar-refractivity contribution in [3.8, 4) is 11.5 Å². The van der Waals surface area contributed by atoms with E-state index >= 15 is 0 Å². The summed E-state index contributed by atoms with van der Waals surface area (Å²) in [6.07, 6.45) is 2.34. The lowest BCUT2D eigenvalue weighted by Gasteiger charge is -2.49. The third kappa shape index (κ3) is 2.13. The molecule has 2 aliphatic carbocycles. The van der Waals surface area contributed by atoms with Gasteiger partial charge in [-0.2, -0.15) is 0 Å². The minimum atomic E-state index is -0.329. The van der Waals surface area contributed by atoms with Crippen LogP contribution in [0.3, 0.4) is 0 Å². The van der Waals surface area contributed by atoms with Crippen molar-refractivity contribution in [3.05, 3.63) is 34.9 Å². The Kier molecular flexibility index (Phi) is 3.58. The number of hydrogen-bond acceptors (Lipinski definition) is 3. The molecule has 0 heterocycles. The fourth-order valence-corrected chi connectivity index (χ4v) is 4.50. The van der Waals surface area contributed by atoms with Crippen LogP contribution in [0.5, 0.6) is 11.5 Å². The maximum Gasteiger partial charge on any atom is 0.163 e. The van der Waals surface area contributed by atoms with Crippen molar-refractivity contribution < 1.29 is 15.0 Å². The van der Waals surface area contributed by atoms with E-state index in [1.54, 1.807) is 6.07 Å². The Morgan fingerprint density at radius 1 is 1.30 bits per heavy atom. The first-order valence-electron chi connectivity index (χ1n) is 8.49. The number of rotatable bonds is 1. The summed E-state index contributed by atoms with van der Waals surface area (Å²) in [5.41, 5.74) is 2.63. The van der Waals surface area contributed by atoms with Crippen molar-refractivity contribution in [1.29, 1.82) is 0 Å². The van der Waals surface area contributed by atoms with Gasteiger partial charge in [-0.3, -0.25) is 4.79 Å². The summed E-state index contributed by atoms with van der Waals surface area (Å²) in [4.78, 5) is 12.7. The molecule has 1 saturated carbocycles. The van der Waals surface area contributed by atoms with Gasteiger partial charge in [0.2, 0.25) is 0 Å². The summed E-state index contributed by atoms with van der Waals surface area (Å²) in [6.45, 7) is 12.4. The third-order valence-corrected chi connectivity index (χ3v) is 6.13. The van der Waals surface area contributed by atoms with Crippen LogP contribution in [-0.2, 0) is 5.41 Å². The first-order chi connectivity index (χ1) is 10.7. The van der Waals surface area contributed by atoms with Crippen LogP contribution in [0.2, 0.25) is 0 Å². The summed E-state index contributed by atoms with van der Waals surface area (Å²) in [5, 5.41) is 21.2. The number of benzene rings is 1. The molecule has 3 atom stereocenters. The van der Waals surface area contributed by atoms with Gasteiger partial charge in [-0.15, -0.1) is 0 Å². The Morgan fingerprint density at radius 3 is 2.57 bits per heavy atom. The smallest absolute Gasteiger partial charge is 0.163 e. The number of ketones is 1. The summed E-state index contributed by atoms with van der Waals surface area (Å²) >= 11 is 0. The predicted molar refractivity (Wildman–Crippen MR) is 91.2 cm³/mol. The number of phenolic OH excluding ortho intramolecular Hbond substituents is 2. The first kappa shape index (κ1) is 16.1. The van der Waals surface area contributed by atoms with Crippen molar-refractivity contribution in [2.75, 3.05) is 0 Å². The van der Waals surface area contributed by atoms with Crippen LogP contribution in [0.4, 0.5) is 0 Å². The minimum absolute atomic E-state index is 0.0430. The molecule has 3 heteroatoms. The number of carbonyl (C=O) groups excluding carboxylic acids is 1. The second kappa shape index (κ2) is 5.12. The maximum absolute atomic E-state index is 12.7. The van der Waals surface area contributed by atoms with Crippen LogP contribution in [-0.4, -0.2) is 16.0 Å². The maximum atomic E-state index is 12.7. The summed E-state index contributed by atoms with van der Waals surface area (Å²) in [7, 11) is 0. The van der Waals surface area contributed by atoms with Gasteiger partial charge in [0, 0.05) is 28.5 Å². The highest BCUT2D eigenvalue weighted by atomic mass is 16.3.